The van der Waals surface area contributed by atoms with Gasteiger partial charge in [0.15, 0.2) is 0 Å². The third kappa shape index (κ3) is 2.41. The van der Waals surface area contributed by atoms with Crippen LogP contribution in [0.1, 0.15) is 17.3 Å². The van der Waals surface area contributed by atoms with E-state index in [2.05, 4.69) is 4.98 Å². The highest BCUT2D eigenvalue weighted by atomic mass is 16.5. The smallest absolute Gasteiger partial charge is 0.338 e. The van der Waals surface area contributed by atoms with E-state index in [9.17, 15) is 4.79 Å². The molecule has 112 valence electrons. The molecule has 5 heteroatoms. The summed E-state index contributed by atoms with van der Waals surface area (Å²) in [5, 5.41) is 0.851. The molecule has 0 fully saturated rings. The lowest BCUT2D eigenvalue weighted by Gasteiger charge is -2.08. The molecule has 3 rings (SSSR count). The van der Waals surface area contributed by atoms with Gasteiger partial charge in [0.2, 0.25) is 5.88 Å². The summed E-state index contributed by atoms with van der Waals surface area (Å²) in [5.74, 6) is 0.235. The molecule has 0 spiro atoms. The third-order valence-corrected chi connectivity index (χ3v) is 3.43. The fourth-order valence-electron chi connectivity index (χ4n) is 2.46. The number of methoxy groups -OCH3 is 1. The summed E-state index contributed by atoms with van der Waals surface area (Å²) in [4.78, 5) is 16.0. The first-order valence-electron chi connectivity index (χ1n) is 7.02. The number of carbonyl (C=O) groups excluding carboxylic acids is 1. The summed E-state index contributed by atoms with van der Waals surface area (Å²) in [6, 6.07) is 11.2. The fourth-order valence-corrected chi connectivity index (χ4v) is 2.46. The van der Waals surface area contributed by atoms with Gasteiger partial charge in [0.1, 0.15) is 0 Å². The molecule has 0 saturated heterocycles. The van der Waals surface area contributed by atoms with Crippen LogP contribution >= 0.6 is 0 Å². The number of ether oxygens (including phenoxy) is 2. The average molecular weight is 296 g/mol. The number of carbonyl (C=O) groups is 1. The lowest BCUT2D eigenvalue weighted by molar-refractivity contribution is 0.0603. The molecular formula is C17H16N2O3. The highest BCUT2D eigenvalue weighted by molar-refractivity contribution is 6.04. The Labute approximate surface area is 128 Å². The first-order chi connectivity index (χ1) is 10.7. The van der Waals surface area contributed by atoms with Gasteiger partial charge in [-0.15, -0.1) is 0 Å². The van der Waals surface area contributed by atoms with Crippen LogP contribution in [0.25, 0.3) is 16.6 Å². The molecule has 0 atom stereocenters. The zero-order valence-corrected chi connectivity index (χ0v) is 12.4. The number of nitrogens with zero attached hydrogens (tertiary/aromatic N) is 2. The van der Waals surface area contributed by atoms with E-state index in [4.69, 9.17) is 9.47 Å². The van der Waals surface area contributed by atoms with Crippen molar-refractivity contribution in [2.75, 3.05) is 13.7 Å². The molecule has 0 unspecified atom stereocenters. The molecular weight excluding hydrogens is 280 g/mol. The number of hydrogen-bond acceptors (Lipinski definition) is 4. The summed E-state index contributed by atoms with van der Waals surface area (Å²) in [7, 11) is 1.38. The molecule has 0 radical (unpaired) electrons. The van der Waals surface area contributed by atoms with Crippen molar-refractivity contribution in [1.82, 2.24) is 9.55 Å². The van der Waals surface area contributed by atoms with E-state index in [1.165, 1.54) is 7.11 Å². The van der Waals surface area contributed by atoms with Crippen LogP contribution in [0.15, 0.2) is 48.8 Å². The van der Waals surface area contributed by atoms with Gasteiger partial charge in [-0.3, -0.25) is 0 Å². The van der Waals surface area contributed by atoms with Crippen molar-refractivity contribution >= 4 is 16.9 Å². The Morgan fingerprint density at radius 3 is 2.91 bits per heavy atom. The highest BCUT2D eigenvalue weighted by Gasteiger charge is 2.13. The van der Waals surface area contributed by atoms with Gasteiger partial charge in [-0.25, -0.2) is 9.78 Å². The lowest BCUT2D eigenvalue weighted by atomic mass is 10.1. The summed E-state index contributed by atoms with van der Waals surface area (Å²) < 4.78 is 12.3. The van der Waals surface area contributed by atoms with Crippen LogP contribution in [0.3, 0.4) is 0 Å². The molecule has 0 aliphatic heterocycles. The highest BCUT2D eigenvalue weighted by Crippen LogP contribution is 2.25. The van der Waals surface area contributed by atoms with Crippen molar-refractivity contribution in [3.63, 3.8) is 0 Å². The zero-order chi connectivity index (χ0) is 15.5. The van der Waals surface area contributed by atoms with Crippen LogP contribution in [-0.2, 0) is 4.74 Å². The van der Waals surface area contributed by atoms with E-state index in [1.807, 2.05) is 48.0 Å². The lowest BCUT2D eigenvalue weighted by Crippen LogP contribution is -2.02. The Morgan fingerprint density at radius 1 is 1.27 bits per heavy atom. The van der Waals surface area contributed by atoms with E-state index in [-0.39, 0.29) is 5.97 Å². The minimum Gasteiger partial charge on any atom is -0.478 e. The first-order valence-corrected chi connectivity index (χ1v) is 7.02. The number of benzene rings is 1. The van der Waals surface area contributed by atoms with Gasteiger partial charge >= 0.3 is 5.97 Å². The Balaban J connectivity index is 2.13. The molecule has 0 saturated carbocycles. The molecule has 1 aromatic carbocycles. The molecule has 22 heavy (non-hydrogen) atoms. The Kier molecular flexibility index (Phi) is 3.78. The van der Waals surface area contributed by atoms with Crippen LogP contribution in [0.2, 0.25) is 0 Å². The minimum absolute atomic E-state index is 0.340. The number of fused-ring (bicyclic) bond motifs is 1. The number of pyridine rings is 1. The second kappa shape index (κ2) is 5.89. The van der Waals surface area contributed by atoms with E-state index in [0.717, 1.165) is 16.6 Å². The summed E-state index contributed by atoms with van der Waals surface area (Å²) in [6.45, 7) is 2.48. The van der Waals surface area contributed by atoms with Crippen molar-refractivity contribution in [3.05, 3.63) is 54.4 Å². The predicted octanol–water partition coefficient (Wildman–Crippen LogP) is 3.21. The Bertz CT molecular complexity index is 824. The van der Waals surface area contributed by atoms with Crippen molar-refractivity contribution < 1.29 is 14.3 Å². The SMILES string of the molecule is CCOc1cc(-n2ccc3c(C(=O)OC)cccc32)ccn1. The van der Waals surface area contributed by atoms with Crippen LogP contribution in [0, 0.1) is 0 Å². The Morgan fingerprint density at radius 2 is 2.14 bits per heavy atom. The number of esters is 1. The second-order valence-electron chi connectivity index (χ2n) is 4.70. The molecule has 5 nitrogen and oxygen atoms in total. The topological polar surface area (TPSA) is 53.4 Å². The van der Waals surface area contributed by atoms with Gasteiger partial charge in [-0.05, 0) is 31.2 Å². The quantitative estimate of drug-likeness (QED) is 0.694. The largest absolute Gasteiger partial charge is 0.478 e. The maximum atomic E-state index is 11.9. The van der Waals surface area contributed by atoms with Crippen molar-refractivity contribution in [3.8, 4) is 11.6 Å². The van der Waals surface area contributed by atoms with Gasteiger partial charge in [-0.2, -0.15) is 0 Å². The Hall–Kier alpha value is -2.82. The second-order valence-corrected chi connectivity index (χ2v) is 4.70. The summed E-state index contributed by atoms with van der Waals surface area (Å²) in [5.41, 5.74) is 2.41. The predicted molar refractivity (Wildman–Crippen MR) is 83.6 cm³/mol. The molecule has 0 aliphatic carbocycles. The van der Waals surface area contributed by atoms with Gasteiger partial charge < -0.3 is 14.0 Å². The van der Waals surface area contributed by atoms with Gasteiger partial charge in [0.05, 0.1) is 30.5 Å². The summed E-state index contributed by atoms with van der Waals surface area (Å²) in [6.07, 6.45) is 3.62. The maximum absolute atomic E-state index is 11.9. The molecule has 2 heterocycles. The number of hydrogen-bond donors (Lipinski definition) is 0. The van der Waals surface area contributed by atoms with Crippen molar-refractivity contribution in [2.24, 2.45) is 0 Å². The molecule has 0 bridgehead atoms. The van der Waals surface area contributed by atoms with Gasteiger partial charge in [0, 0.05) is 23.8 Å². The van der Waals surface area contributed by atoms with Crippen LogP contribution < -0.4 is 4.74 Å². The van der Waals surface area contributed by atoms with E-state index < -0.39 is 0 Å². The van der Waals surface area contributed by atoms with E-state index in [0.29, 0.717) is 18.1 Å². The molecule has 2 aromatic heterocycles. The normalized spacial score (nSPS) is 10.6. The fraction of sp³-hybridized carbons (Fsp3) is 0.176. The minimum atomic E-state index is -0.340. The third-order valence-electron chi connectivity index (χ3n) is 3.43. The van der Waals surface area contributed by atoms with Crippen LogP contribution in [-0.4, -0.2) is 29.2 Å². The van der Waals surface area contributed by atoms with Crippen LogP contribution in [0.4, 0.5) is 0 Å². The van der Waals surface area contributed by atoms with Crippen LogP contribution in [0.5, 0.6) is 5.88 Å². The van der Waals surface area contributed by atoms with E-state index in [1.54, 1.807) is 12.3 Å². The maximum Gasteiger partial charge on any atom is 0.338 e. The first kappa shape index (κ1) is 14.1. The monoisotopic (exact) mass is 296 g/mol. The standard InChI is InChI=1S/C17H16N2O3/c1-3-22-16-11-12(7-9-18-16)19-10-8-13-14(17(20)21-2)5-4-6-15(13)19/h4-11H,3H2,1-2H3. The average Bonchev–Trinajstić information content (AvgIpc) is 2.98. The molecule has 0 N–H and O–H groups in total. The van der Waals surface area contributed by atoms with Crippen molar-refractivity contribution in [2.45, 2.75) is 6.92 Å². The van der Waals surface area contributed by atoms with E-state index >= 15 is 0 Å². The van der Waals surface area contributed by atoms with Crippen molar-refractivity contribution in [1.29, 1.82) is 0 Å². The number of rotatable bonds is 4. The van der Waals surface area contributed by atoms with Gasteiger partial charge in [0.25, 0.3) is 0 Å². The number of aromatic nitrogens is 2. The van der Waals surface area contributed by atoms with Gasteiger partial charge in [-0.1, -0.05) is 6.07 Å². The molecule has 0 amide bonds. The summed E-state index contributed by atoms with van der Waals surface area (Å²) >= 11 is 0. The zero-order valence-electron chi connectivity index (χ0n) is 12.4. The molecule has 0 aliphatic rings. The molecule has 3 aromatic rings.